The van der Waals surface area contributed by atoms with Crippen molar-refractivity contribution in [3.63, 3.8) is 0 Å². The number of phenols is 1. The summed E-state index contributed by atoms with van der Waals surface area (Å²) >= 11 is 0. The molecule has 2 aliphatic rings. The first-order valence-electron chi connectivity index (χ1n) is 8.06. The van der Waals surface area contributed by atoms with Crippen molar-refractivity contribution in [3.05, 3.63) is 35.4 Å². The second-order valence-corrected chi connectivity index (χ2v) is 6.21. The van der Waals surface area contributed by atoms with Gasteiger partial charge in [-0.15, -0.1) is 0 Å². The van der Waals surface area contributed by atoms with Gasteiger partial charge < -0.3 is 19.3 Å². The maximum Gasteiger partial charge on any atom is 0.169 e. The van der Waals surface area contributed by atoms with E-state index in [2.05, 4.69) is 0 Å². The van der Waals surface area contributed by atoms with E-state index < -0.39 is 0 Å². The zero-order chi connectivity index (χ0) is 16.0. The molecular weight excluding hydrogens is 292 g/mol. The summed E-state index contributed by atoms with van der Waals surface area (Å²) < 4.78 is 17.6. The molecule has 0 fully saturated rings. The molecule has 0 saturated heterocycles. The van der Waals surface area contributed by atoms with E-state index in [1.165, 1.54) is 0 Å². The van der Waals surface area contributed by atoms with Crippen LogP contribution < -0.4 is 14.2 Å². The molecule has 2 heterocycles. The highest BCUT2D eigenvalue weighted by molar-refractivity contribution is 5.85. The topological polar surface area (TPSA) is 47.9 Å². The smallest absolute Gasteiger partial charge is 0.169 e. The lowest BCUT2D eigenvalue weighted by molar-refractivity contribution is 0.105. The van der Waals surface area contributed by atoms with Crippen molar-refractivity contribution in [1.82, 2.24) is 0 Å². The SMILES string of the molecule is Cc1ccc2c(c1-c1c(O)ccc3c1CCCO3)OCC(C)O2. The maximum atomic E-state index is 10.5. The maximum absolute atomic E-state index is 10.5. The fourth-order valence-electron chi connectivity index (χ4n) is 3.37. The van der Waals surface area contributed by atoms with Gasteiger partial charge >= 0.3 is 0 Å². The minimum atomic E-state index is 0.0275. The number of aryl methyl sites for hydroxylation is 1. The number of aromatic hydroxyl groups is 1. The van der Waals surface area contributed by atoms with E-state index >= 15 is 0 Å². The van der Waals surface area contributed by atoms with Gasteiger partial charge in [-0.1, -0.05) is 6.07 Å². The normalized spacial score (nSPS) is 19.0. The monoisotopic (exact) mass is 312 g/mol. The third kappa shape index (κ3) is 2.29. The Morgan fingerprint density at radius 2 is 1.87 bits per heavy atom. The third-order valence-corrected chi connectivity index (χ3v) is 4.45. The van der Waals surface area contributed by atoms with E-state index in [-0.39, 0.29) is 11.9 Å². The number of hydrogen-bond acceptors (Lipinski definition) is 4. The van der Waals surface area contributed by atoms with Gasteiger partial charge in [-0.05, 0) is 50.5 Å². The second kappa shape index (κ2) is 5.37. The Kier molecular flexibility index (Phi) is 3.33. The Morgan fingerprint density at radius 3 is 2.74 bits per heavy atom. The number of benzene rings is 2. The van der Waals surface area contributed by atoms with Crippen molar-refractivity contribution in [3.8, 4) is 34.1 Å². The molecule has 4 rings (SSSR count). The molecule has 4 nitrogen and oxygen atoms in total. The highest BCUT2D eigenvalue weighted by Gasteiger charge is 2.27. The molecule has 1 atom stereocenters. The number of rotatable bonds is 1. The van der Waals surface area contributed by atoms with Crippen molar-refractivity contribution in [2.24, 2.45) is 0 Å². The highest BCUT2D eigenvalue weighted by Crippen LogP contribution is 2.49. The number of hydrogen-bond donors (Lipinski definition) is 1. The van der Waals surface area contributed by atoms with Gasteiger partial charge in [0.15, 0.2) is 11.5 Å². The van der Waals surface area contributed by atoms with E-state index in [4.69, 9.17) is 14.2 Å². The van der Waals surface area contributed by atoms with E-state index in [0.717, 1.165) is 59.0 Å². The highest BCUT2D eigenvalue weighted by atomic mass is 16.6. The number of phenolic OH excluding ortho intramolecular Hbond substituents is 1. The van der Waals surface area contributed by atoms with Gasteiger partial charge in [-0.3, -0.25) is 0 Å². The molecule has 120 valence electrons. The molecule has 4 heteroatoms. The first-order valence-corrected chi connectivity index (χ1v) is 8.06. The third-order valence-electron chi connectivity index (χ3n) is 4.45. The molecule has 0 aromatic heterocycles. The van der Waals surface area contributed by atoms with Gasteiger partial charge in [-0.2, -0.15) is 0 Å². The first kappa shape index (κ1) is 14.2. The summed E-state index contributed by atoms with van der Waals surface area (Å²) in [4.78, 5) is 0. The van der Waals surface area contributed by atoms with Gasteiger partial charge in [0.1, 0.15) is 24.2 Å². The predicted molar refractivity (Wildman–Crippen MR) is 87.7 cm³/mol. The van der Waals surface area contributed by atoms with E-state index in [1.54, 1.807) is 6.07 Å². The molecule has 0 saturated carbocycles. The molecular formula is C19H20O4. The lowest BCUT2D eigenvalue weighted by Gasteiger charge is -2.28. The Hall–Kier alpha value is -2.36. The molecule has 0 spiro atoms. The summed E-state index contributed by atoms with van der Waals surface area (Å²) in [5, 5.41) is 10.5. The van der Waals surface area contributed by atoms with Crippen LogP contribution in [-0.4, -0.2) is 24.4 Å². The lowest BCUT2D eigenvalue weighted by atomic mass is 9.90. The molecule has 1 unspecified atom stereocenters. The molecule has 2 aromatic carbocycles. The van der Waals surface area contributed by atoms with E-state index in [9.17, 15) is 5.11 Å². The van der Waals surface area contributed by atoms with Crippen LogP contribution in [-0.2, 0) is 6.42 Å². The van der Waals surface area contributed by atoms with E-state index in [0.29, 0.717) is 6.61 Å². The number of fused-ring (bicyclic) bond motifs is 2. The van der Waals surface area contributed by atoms with Gasteiger partial charge in [0.05, 0.1) is 6.61 Å². The van der Waals surface area contributed by atoms with E-state index in [1.807, 2.05) is 32.0 Å². The quantitative estimate of drug-likeness (QED) is 0.869. The first-order chi connectivity index (χ1) is 11.1. The average Bonchev–Trinajstić information content (AvgIpc) is 2.56. The molecule has 2 aliphatic heterocycles. The zero-order valence-electron chi connectivity index (χ0n) is 13.4. The molecule has 2 aromatic rings. The lowest BCUT2D eigenvalue weighted by Crippen LogP contribution is -2.26. The molecule has 1 N–H and O–H groups in total. The predicted octanol–water partition coefficient (Wildman–Crippen LogP) is 3.85. The molecule has 0 bridgehead atoms. The van der Waals surface area contributed by atoms with Crippen molar-refractivity contribution >= 4 is 0 Å². The fourth-order valence-corrected chi connectivity index (χ4v) is 3.37. The Bertz CT molecular complexity index is 766. The molecule has 0 aliphatic carbocycles. The van der Waals surface area contributed by atoms with Gasteiger partial charge in [0.25, 0.3) is 0 Å². The van der Waals surface area contributed by atoms with Crippen LogP contribution in [0.15, 0.2) is 24.3 Å². The summed E-state index contributed by atoms with van der Waals surface area (Å²) in [7, 11) is 0. The van der Waals surface area contributed by atoms with Crippen LogP contribution in [0.25, 0.3) is 11.1 Å². The van der Waals surface area contributed by atoms with Crippen LogP contribution in [0.4, 0.5) is 0 Å². The van der Waals surface area contributed by atoms with Crippen molar-refractivity contribution in [2.45, 2.75) is 32.8 Å². The second-order valence-electron chi connectivity index (χ2n) is 6.21. The summed E-state index contributed by atoms with van der Waals surface area (Å²) in [6, 6.07) is 7.49. The number of ether oxygens (including phenoxy) is 3. The molecule has 23 heavy (non-hydrogen) atoms. The largest absolute Gasteiger partial charge is 0.507 e. The minimum Gasteiger partial charge on any atom is -0.507 e. The minimum absolute atomic E-state index is 0.0275. The summed E-state index contributed by atoms with van der Waals surface area (Å²) in [6.07, 6.45) is 1.87. The van der Waals surface area contributed by atoms with Gasteiger partial charge in [-0.25, -0.2) is 0 Å². The van der Waals surface area contributed by atoms with Crippen LogP contribution in [0.5, 0.6) is 23.0 Å². The Balaban J connectivity index is 1.97. The standard InChI is InChI=1S/C19H20O4/c1-11-5-7-16-19(22-10-12(2)23-16)17(11)18-13-4-3-9-21-15(13)8-6-14(18)20/h5-8,12,20H,3-4,9-10H2,1-2H3. The van der Waals surface area contributed by atoms with Crippen LogP contribution in [0.3, 0.4) is 0 Å². The average molecular weight is 312 g/mol. The van der Waals surface area contributed by atoms with Crippen LogP contribution >= 0.6 is 0 Å². The van der Waals surface area contributed by atoms with Crippen LogP contribution in [0.2, 0.25) is 0 Å². The van der Waals surface area contributed by atoms with Crippen molar-refractivity contribution in [2.75, 3.05) is 13.2 Å². The zero-order valence-corrected chi connectivity index (χ0v) is 13.4. The van der Waals surface area contributed by atoms with Crippen molar-refractivity contribution < 1.29 is 19.3 Å². The van der Waals surface area contributed by atoms with Crippen molar-refractivity contribution in [1.29, 1.82) is 0 Å². The summed E-state index contributed by atoms with van der Waals surface area (Å²) in [5.41, 5.74) is 3.83. The molecule has 0 radical (unpaired) electrons. The Labute approximate surface area is 135 Å². The molecule has 0 amide bonds. The fraction of sp³-hybridized carbons (Fsp3) is 0.368. The Morgan fingerprint density at radius 1 is 1.04 bits per heavy atom. The van der Waals surface area contributed by atoms with Crippen LogP contribution in [0.1, 0.15) is 24.5 Å². The van der Waals surface area contributed by atoms with Gasteiger partial charge in [0, 0.05) is 16.7 Å². The summed E-state index contributed by atoms with van der Waals surface area (Å²) in [5.74, 6) is 2.56. The summed E-state index contributed by atoms with van der Waals surface area (Å²) in [6.45, 7) is 5.24. The van der Waals surface area contributed by atoms with Gasteiger partial charge in [0.2, 0.25) is 0 Å². The van der Waals surface area contributed by atoms with Crippen LogP contribution in [0, 0.1) is 6.92 Å².